The van der Waals surface area contributed by atoms with Crippen molar-refractivity contribution in [3.05, 3.63) is 58.6 Å². The molecule has 0 atom stereocenters. The molecule has 24 heavy (non-hydrogen) atoms. The number of hydrogen-bond acceptors (Lipinski definition) is 3. The molecular weight excluding hydrogens is 331 g/mol. The van der Waals surface area contributed by atoms with E-state index in [1.165, 1.54) is 18.2 Å². The van der Waals surface area contributed by atoms with Crippen LogP contribution in [0.3, 0.4) is 0 Å². The number of rotatable bonds is 2. The third-order valence-corrected chi connectivity index (χ3v) is 3.80. The number of carbonyl (C=O) groups is 1. The molecule has 5 nitrogen and oxygen atoms in total. The maximum atomic E-state index is 13.1. The van der Waals surface area contributed by atoms with Gasteiger partial charge in [-0.1, -0.05) is 11.6 Å². The number of carbonyl (C=O) groups excluding carboxylic acids is 1. The number of hydrogen-bond donors (Lipinski definition) is 2. The second kappa shape index (κ2) is 6.41. The smallest absolute Gasteiger partial charge is 0.308 e. The third kappa shape index (κ3) is 3.44. The first-order valence-corrected chi connectivity index (χ1v) is 7.58. The number of aromatic nitrogens is 2. The summed E-state index contributed by atoms with van der Waals surface area (Å²) < 4.78 is 13.1. The summed E-state index contributed by atoms with van der Waals surface area (Å²) in [7, 11) is 0. The number of urea groups is 1. The molecule has 0 bridgehead atoms. The number of nitrogens with zero attached hydrogens (tertiary/aromatic N) is 2. The van der Waals surface area contributed by atoms with Gasteiger partial charge in [0.2, 0.25) is 0 Å². The normalized spacial score (nSPS) is 10.7. The zero-order chi connectivity index (χ0) is 17.3. The molecule has 0 saturated heterocycles. The van der Waals surface area contributed by atoms with E-state index in [1.807, 2.05) is 13.8 Å². The van der Waals surface area contributed by atoms with Crippen LogP contribution in [-0.4, -0.2) is 16.0 Å². The van der Waals surface area contributed by atoms with Crippen molar-refractivity contribution in [2.75, 3.05) is 10.6 Å². The van der Waals surface area contributed by atoms with Gasteiger partial charge in [-0.25, -0.2) is 19.2 Å². The van der Waals surface area contributed by atoms with Crippen molar-refractivity contribution in [1.82, 2.24) is 9.97 Å². The fourth-order valence-electron chi connectivity index (χ4n) is 2.18. The highest BCUT2D eigenvalue weighted by Gasteiger charge is 2.07. The minimum Gasteiger partial charge on any atom is -0.308 e. The summed E-state index contributed by atoms with van der Waals surface area (Å²) in [6.07, 6.45) is 0. The lowest BCUT2D eigenvalue weighted by atomic mass is 10.2. The first-order chi connectivity index (χ1) is 11.4. The van der Waals surface area contributed by atoms with Crippen LogP contribution in [0.1, 0.15) is 11.4 Å². The van der Waals surface area contributed by atoms with Crippen LogP contribution in [0.5, 0.6) is 0 Å². The van der Waals surface area contributed by atoms with Crippen LogP contribution in [0, 0.1) is 19.7 Å². The van der Waals surface area contributed by atoms with E-state index < -0.39 is 11.8 Å². The van der Waals surface area contributed by atoms with Crippen molar-refractivity contribution in [2.45, 2.75) is 13.8 Å². The number of aryl methyl sites for hydroxylation is 2. The predicted octanol–water partition coefficient (Wildman–Crippen LogP) is 4.68. The van der Waals surface area contributed by atoms with Gasteiger partial charge in [-0.15, -0.1) is 0 Å². The summed E-state index contributed by atoms with van der Waals surface area (Å²) in [5, 5.41) is 5.23. The van der Waals surface area contributed by atoms with E-state index in [-0.39, 0.29) is 5.02 Å². The summed E-state index contributed by atoms with van der Waals surface area (Å²) in [6.45, 7) is 3.78. The van der Waals surface area contributed by atoms with Crippen LogP contribution in [0.15, 0.2) is 36.4 Å². The van der Waals surface area contributed by atoms with Gasteiger partial charge in [0.1, 0.15) is 5.82 Å². The standard InChI is InChI=1S/C17H14ClFN4O/c1-9-10(2)21-16-8-12(4-6-15(16)20-9)23-17(24)22-11-3-5-14(19)13(18)7-11/h3-8H,1-2H3,(H2,22,23,24). The fourth-order valence-corrected chi connectivity index (χ4v) is 2.36. The van der Waals surface area contributed by atoms with E-state index in [9.17, 15) is 9.18 Å². The fraction of sp³-hybridized carbons (Fsp3) is 0.118. The molecule has 7 heteroatoms. The van der Waals surface area contributed by atoms with Crippen LogP contribution in [0.2, 0.25) is 5.02 Å². The first kappa shape index (κ1) is 16.1. The molecule has 1 heterocycles. The molecule has 0 aliphatic heterocycles. The minimum absolute atomic E-state index is 0.0559. The Labute approximate surface area is 142 Å². The monoisotopic (exact) mass is 344 g/mol. The summed E-state index contributed by atoms with van der Waals surface area (Å²) in [5.41, 5.74) is 4.13. The zero-order valence-electron chi connectivity index (χ0n) is 13.0. The molecular formula is C17H14ClFN4O. The largest absolute Gasteiger partial charge is 0.323 e. The Morgan fingerprint density at radius 3 is 2.21 bits per heavy atom. The predicted molar refractivity (Wildman–Crippen MR) is 93.1 cm³/mol. The van der Waals surface area contributed by atoms with Crippen molar-refractivity contribution in [3.63, 3.8) is 0 Å². The van der Waals surface area contributed by atoms with Crippen molar-refractivity contribution in [3.8, 4) is 0 Å². The average molecular weight is 345 g/mol. The van der Waals surface area contributed by atoms with Crippen LogP contribution in [-0.2, 0) is 0 Å². The second-order valence-corrected chi connectivity index (χ2v) is 5.71. The van der Waals surface area contributed by atoms with E-state index in [1.54, 1.807) is 18.2 Å². The van der Waals surface area contributed by atoms with Crippen molar-refractivity contribution in [1.29, 1.82) is 0 Å². The van der Waals surface area contributed by atoms with Crippen molar-refractivity contribution >= 4 is 40.0 Å². The first-order valence-electron chi connectivity index (χ1n) is 7.20. The molecule has 122 valence electrons. The van der Waals surface area contributed by atoms with Gasteiger partial charge in [-0.2, -0.15) is 0 Å². The number of fused-ring (bicyclic) bond motifs is 1. The lowest BCUT2D eigenvalue weighted by Gasteiger charge is -2.09. The maximum absolute atomic E-state index is 13.1. The minimum atomic E-state index is -0.540. The van der Waals surface area contributed by atoms with E-state index in [0.717, 1.165) is 16.9 Å². The van der Waals surface area contributed by atoms with Crippen molar-refractivity contribution in [2.24, 2.45) is 0 Å². The van der Waals surface area contributed by atoms with Gasteiger partial charge in [-0.05, 0) is 50.2 Å². The van der Waals surface area contributed by atoms with Gasteiger partial charge in [0, 0.05) is 11.4 Å². The Morgan fingerprint density at radius 1 is 0.958 bits per heavy atom. The summed E-state index contributed by atoms with van der Waals surface area (Å²) in [4.78, 5) is 20.9. The molecule has 2 aromatic carbocycles. The maximum Gasteiger partial charge on any atom is 0.323 e. The molecule has 0 aliphatic rings. The topological polar surface area (TPSA) is 66.9 Å². The molecule has 1 aromatic heterocycles. The highest BCUT2D eigenvalue weighted by molar-refractivity contribution is 6.31. The molecule has 0 unspecified atom stereocenters. The number of anilines is 2. The molecule has 2 N–H and O–H groups in total. The highest BCUT2D eigenvalue weighted by Crippen LogP contribution is 2.20. The number of nitrogens with one attached hydrogen (secondary N) is 2. The summed E-state index contributed by atoms with van der Waals surface area (Å²) >= 11 is 5.69. The molecule has 0 aliphatic carbocycles. The molecule has 0 fully saturated rings. The Morgan fingerprint density at radius 2 is 1.54 bits per heavy atom. The van der Waals surface area contributed by atoms with Crippen LogP contribution >= 0.6 is 11.6 Å². The lowest BCUT2D eigenvalue weighted by Crippen LogP contribution is -2.19. The quantitative estimate of drug-likeness (QED) is 0.709. The van der Waals surface area contributed by atoms with Gasteiger partial charge in [-0.3, -0.25) is 0 Å². The number of benzene rings is 2. The van der Waals surface area contributed by atoms with E-state index >= 15 is 0 Å². The lowest BCUT2D eigenvalue weighted by molar-refractivity contribution is 0.262. The van der Waals surface area contributed by atoms with E-state index in [2.05, 4.69) is 20.6 Å². The molecule has 3 aromatic rings. The van der Waals surface area contributed by atoms with Crippen LogP contribution in [0.25, 0.3) is 11.0 Å². The van der Waals surface area contributed by atoms with Gasteiger partial charge >= 0.3 is 6.03 Å². The van der Waals surface area contributed by atoms with Gasteiger partial charge in [0.15, 0.2) is 0 Å². The number of halogens is 2. The summed E-state index contributed by atoms with van der Waals surface area (Å²) in [6, 6.07) is 8.77. The van der Waals surface area contributed by atoms with Gasteiger partial charge in [0.25, 0.3) is 0 Å². The number of amides is 2. The Hall–Kier alpha value is -2.73. The van der Waals surface area contributed by atoms with Crippen LogP contribution in [0.4, 0.5) is 20.6 Å². The molecule has 2 amide bonds. The van der Waals surface area contributed by atoms with E-state index in [4.69, 9.17) is 11.6 Å². The van der Waals surface area contributed by atoms with E-state index in [0.29, 0.717) is 16.9 Å². The molecule has 0 saturated carbocycles. The Bertz CT molecular complexity index is 945. The van der Waals surface area contributed by atoms with Crippen LogP contribution < -0.4 is 10.6 Å². The average Bonchev–Trinajstić information content (AvgIpc) is 2.52. The highest BCUT2D eigenvalue weighted by atomic mass is 35.5. The van der Waals surface area contributed by atoms with Gasteiger partial charge < -0.3 is 10.6 Å². The summed E-state index contributed by atoms with van der Waals surface area (Å²) in [5.74, 6) is -0.540. The van der Waals surface area contributed by atoms with Crippen molar-refractivity contribution < 1.29 is 9.18 Å². The molecule has 3 rings (SSSR count). The third-order valence-electron chi connectivity index (χ3n) is 3.51. The zero-order valence-corrected chi connectivity index (χ0v) is 13.8. The van der Waals surface area contributed by atoms with Gasteiger partial charge in [0.05, 0.1) is 27.4 Å². The Kier molecular flexibility index (Phi) is 4.31. The second-order valence-electron chi connectivity index (χ2n) is 5.31. The molecule has 0 radical (unpaired) electrons. The molecule has 0 spiro atoms. The SMILES string of the molecule is Cc1nc2ccc(NC(=O)Nc3ccc(F)c(Cl)c3)cc2nc1C. The Balaban J connectivity index is 1.77.